The number of amides is 1. The number of carbonyl (C=O) groups is 4. The van der Waals surface area contributed by atoms with Crippen LogP contribution in [0.15, 0.2) is 23.8 Å². The number of cyclic esters (lactones) is 1. The number of ether oxygens (including phenoxy) is 3. The number of Topliss-reactive ketones (excluding diaryl/α,β-unsaturated/α-hetero) is 1. The number of piperidine rings is 1. The molecule has 218 valence electrons. The third-order valence-corrected chi connectivity index (χ3v) is 8.22. The van der Waals surface area contributed by atoms with E-state index in [0.29, 0.717) is 38.1 Å². The molecule has 8 heteroatoms. The largest absolute Gasteiger partial charge is 0.464 e. The number of carbonyl (C=O) groups excluding carboxylic acids is 4. The number of ketones is 2. The molecule has 0 aromatic carbocycles. The van der Waals surface area contributed by atoms with Crippen molar-refractivity contribution in [3.05, 3.63) is 23.8 Å². The Kier molecular flexibility index (Phi) is 11.5. The van der Waals surface area contributed by atoms with Crippen LogP contribution in [0.1, 0.15) is 92.4 Å². The summed E-state index contributed by atoms with van der Waals surface area (Å²) < 4.78 is 18.0. The van der Waals surface area contributed by atoms with E-state index < -0.39 is 29.5 Å². The van der Waals surface area contributed by atoms with Gasteiger partial charge < -0.3 is 19.1 Å². The lowest BCUT2D eigenvalue weighted by Crippen LogP contribution is -2.61. The van der Waals surface area contributed by atoms with Gasteiger partial charge in [0.05, 0.1) is 12.7 Å². The van der Waals surface area contributed by atoms with E-state index in [1.807, 2.05) is 26.8 Å². The summed E-state index contributed by atoms with van der Waals surface area (Å²) in [7, 11) is 0. The molecule has 8 nitrogen and oxygen atoms in total. The van der Waals surface area contributed by atoms with Gasteiger partial charge in [-0.2, -0.15) is 0 Å². The summed E-state index contributed by atoms with van der Waals surface area (Å²) in [6.07, 6.45) is 11.3. The molecule has 1 amide bonds. The van der Waals surface area contributed by atoms with Crippen LogP contribution in [0, 0.1) is 17.8 Å². The molecule has 39 heavy (non-hydrogen) atoms. The highest BCUT2D eigenvalue weighted by Crippen LogP contribution is 2.39. The van der Waals surface area contributed by atoms with E-state index in [1.54, 1.807) is 19.1 Å². The minimum Gasteiger partial charge on any atom is -0.464 e. The second-order valence-electron chi connectivity index (χ2n) is 11.7. The van der Waals surface area contributed by atoms with E-state index in [0.717, 1.165) is 37.7 Å². The Labute approximate surface area is 233 Å². The molecule has 2 fully saturated rings. The van der Waals surface area contributed by atoms with Crippen molar-refractivity contribution >= 4 is 23.4 Å². The maximum atomic E-state index is 13.9. The first-order valence-electron chi connectivity index (χ1n) is 14.8. The summed E-state index contributed by atoms with van der Waals surface area (Å²) in [5, 5.41) is 0. The molecule has 3 aliphatic rings. The Balaban J connectivity index is 1.90. The van der Waals surface area contributed by atoms with Crippen LogP contribution < -0.4 is 0 Å². The molecule has 3 aliphatic heterocycles. The van der Waals surface area contributed by atoms with Gasteiger partial charge in [-0.25, -0.2) is 4.79 Å². The monoisotopic (exact) mass is 545 g/mol. The summed E-state index contributed by atoms with van der Waals surface area (Å²) in [5.74, 6) is -3.73. The third kappa shape index (κ3) is 8.10. The maximum Gasteiger partial charge on any atom is 0.328 e. The van der Waals surface area contributed by atoms with Crippen molar-refractivity contribution in [1.82, 2.24) is 4.90 Å². The number of nitrogens with zero attached hydrogens (tertiary/aromatic N) is 1. The van der Waals surface area contributed by atoms with Crippen molar-refractivity contribution in [3.8, 4) is 0 Å². The minimum atomic E-state index is -1.65. The van der Waals surface area contributed by atoms with Crippen LogP contribution in [-0.4, -0.2) is 66.0 Å². The highest BCUT2D eigenvalue weighted by Gasteiger charge is 2.54. The fraction of sp³-hybridized carbons (Fsp3) is 0.742. The van der Waals surface area contributed by atoms with Gasteiger partial charge in [-0.15, -0.1) is 0 Å². The van der Waals surface area contributed by atoms with Gasteiger partial charge in [0.1, 0.15) is 6.04 Å². The summed E-state index contributed by atoms with van der Waals surface area (Å²) in [6.45, 7) is 10.4. The van der Waals surface area contributed by atoms with Gasteiger partial charge in [-0.05, 0) is 77.2 Å². The maximum absolute atomic E-state index is 13.9. The molecule has 0 radical (unpaired) electrons. The molecule has 0 N–H and O–H groups in total. The molecule has 0 aromatic heterocycles. The predicted octanol–water partition coefficient (Wildman–Crippen LogP) is 4.95. The number of allylic oxidation sites excluding steroid dienone is 3. The molecular formula is C31H47NO7. The molecule has 0 aromatic rings. The second-order valence-corrected chi connectivity index (χ2v) is 11.7. The lowest BCUT2D eigenvalue weighted by molar-refractivity contribution is -0.283. The zero-order chi connectivity index (χ0) is 28.6. The number of esters is 1. The van der Waals surface area contributed by atoms with E-state index in [1.165, 1.54) is 4.90 Å². The van der Waals surface area contributed by atoms with Gasteiger partial charge >= 0.3 is 5.97 Å². The molecule has 6 atom stereocenters. The fourth-order valence-electron chi connectivity index (χ4n) is 5.87. The average Bonchev–Trinajstić information content (AvgIpc) is 2.92. The van der Waals surface area contributed by atoms with E-state index in [9.17, 15) is 19.2 Å². The Morgan fingerprint density at radius 1 is 1.03 bits per heavy atom. The first kappa shape index (κ1) is 31.2. The standard InChI is InChI=1S/C31H47NO7/c1-6-38-31-24(5)13-17-26(39-31)16-12-22(3)19-21(2)10-14-25(33)15-11-23(4)20-37-30(36)27-9-7-8-18-32(27)29(35)28(31)34/h10-11,15,22-24,26-27H,6-9,12-14,16-20H2,1-5H3/b15-11-,21-10?. The van der Waals surface area contributed by atoms with Crippen molar-refractivity contribution in [2.45, 2.75) is 110 Å². The lowest BCUT2D eigenvalue weighted by atomic mass is 9.84. The van der Waals surface area contributed by atoms with Crippen LogP contribution in [0.2, 0.25) is 0 Å². The molecule has 0 saturated carbocycles. The van der Waals surface area contributed by atoms with Gasteiger partial charge in [0.25, 0.3) is 11.7 Å². The van der Waals surface area contributed by atoms with Crippen LogP contribution in [0.25, 0.3) is 0 Å². The van der Waals surface area contributed by atoms with Gasteiger partial charge in [0.2, 0.25) is 5.79 Å². The van der Waals surface area contributed by atoms with Crippen LogP contribution in [0.3, 0.4) is 0 Å². The van der Waals surface area contributed by atoms with Gasteiger partial charge in [-0.1, -0.05) is 38.5 Å². The predicted molar refractivity (Wildman–Crippen MR) is 148 cm³/mol. The number of fused-ring (bicyclic) bond motifs is 3. The highest BCUT2D eigenvalue weighted by molar-refractivity contribution is 6.39. The van der Waals surface area contributed by atoms with Crippen molar-refractivity contribution < 1.29 is 33.4 Å². The van der Waals surface area contributed by atoms with E-state index in [-0.39, 0.29) is 36.9 Å². The second kappa shape index (κ2) is 14.4. The normalized spacial score (nSPS) is 35.4. The topological polar surface area (TPSA) is 99.2 Å². The molecule has 3 rings (SSSR count). The van der Waals surface area contributed by atoms with Crippen LogP contribution in [0.4, 0.5) is 0 Å². The van der Waals surface area contributed by atoms with Crippen molar-refractivity contribution in [2.24, 2.45) is 17.8 Å². The zero-order valence-corrected chi connectivity index (χ0v) is 24.4. The SMILES string of the molecule is CCOC12OC(CCC(C)CC(C)=CCC(=O)/C=C\C(C)COC(=O)C3CCCCN3C(=O)C1=O)CCC2C. The third-order valence-electron chi connectivity index (χ3n) is 8.22. The van der Waals surface area contributed by atoms with Crippen LogP contribution >= 0.6 is 0 Å². The summed E-state index contributed by atoms with van der Waals surface area (Å²) in [5.41, 5.74) is 1.16. The Hall–Kier alpha value is -2.32. The Morgan fingerprint density at radius 3 is 2.51 bits per heavy atom. The molecule has 2 saturated heterocycles. The summed E-state index contributed by atoms with van der Waals surface area (Å²) >= 11 is 0. The molecular weight excluding hydrogens is 498 g/mol. The van der Waals surface area contributed by atoms with Crippen molar-refractivity contribution in [3.63, 3.8) is 0 Å². The molecule has 6 unspecified atom stereocenters. The van der Waals surface area contributed by atoms with E-state index in [2.05, 4.69) is 6.92 Å². The average molecular weight is 546 g/mol. The van der Waals surface area contributed by atoms with Crippen LogP contribution in [-0.2, 0) is 33.4 Å². The Bertz CT molecular complexity index is 957. The summed E-state index contributed by atoms with van der Waals surface area (Å²) in [6, 6.07) is -0.829. The number of rotatable bonds is 2. The van der Waals surface area contributed by atoms with Crippen molar-refractivity contribution in [1.29, 1.82) is 0 Å². The lowest BCUT2D eigenvalue weighted by Gasteiger charge is -2.45. The van der Waals surface area contributed by atoms with Crippen molar-refractivity contribution in [2.75, 3.05) is 19.8 Å². The first-order chi connectivity index (χ1) is 18.6. The molecule has 2 bridgehead atoms. The number of hydrogen-bond acceptors (Lipinski definition) is 7. The number of hydrogen-bond donors (Lipinski definition) is 0. The van der Waals surface area contributed by atoms with Gasteiger partial charge in [0, 0.05) is 31.4 Å². The quantitative estimate of drug-likeness (QED) is 0.275. The van der Waals surface area contributed by atoms with E-state index >= 15 is 0 Å². The molecule has 3 heterocycles. The smallest absolute Gasteiger partial charge is 0.328 e. The first-order valence-corrected chi connectivity index (χ1v) is 14.8. The highest BCUT2D eigenvalue weighted by atomic mass is 16.7. The fourth-order valence-corrected chi connectivity index (χ4v) is 5.87. The van der Waals surface area contributed by atoms with E-state index in [4.69, 9.17) is 14.2 Å². The van der Waals surface area contributed by atoms with Gasteiger partial charge in [0.15, 0.2) is 5.78 Å². The minimum absolute atomic E-state index is 0.00521. The summed E-state index contributed by atoms with van der Waals surface area (Å²) in [4.78, 5) is 54.4. The van der Waals surface area contributed by atoms with Crippen LogP contribution in [0.5, 0.6) is 0 Å². The Morgan fingerprint density at radius 2 is 1.77 bits per heavy atom. The van der Waals surface area contributed by atoms with Gasteiger partial charge in [-0.3, -0.25) is 14.4 Å². The zero-order valence-electron chi connectivity index (χ0n) is 24.4. The molecule has 0 spiro atoms. The molecule has 0 aliphatic carbocycles.